The van der Waals surface area contributed by atoms with Gasteiger partial charge < -0.3 is 14.6 Å². The fraction of sp³-hybridized carbons (Fsp3) is 0.529. The van der Waals surface area contributed by atoms with Gasteiger partial charge in [-0.05, 0) is 18.6 Å². The van der Waals surface area contributed by atoms with Gasteiger partial charge in [0, 0.05) is 46.3 Å². The van der Waals surface area contributed by atoms with Crippen LogP contribution in [0, 0.1) is 0 Å². The van der Waals surface area contributed by atoms with E-state index in [0.29, 0.717) is 13.0 Å². The average molecular weight is 316 g/mol. The van der Waals surface area contributed by atoms with Gasteiger partial charge in [0.2, 0.25) is 5.91 Å². The smallest absolute Gasteiger partial charge is 0.222 e. The van der Waals surface area contributed by atoms with Crippen LogP contribution in [0.2, 0.25) is 0 Å². The van der Waals surface area contributed by atoms with Crippen LogP contribution in [0.3, 0.4) is 0 Å². The summed E-state index contributed by atoms with van der Waals surface area (Å²) in [5.41, 5.74) is 2.09. The Morgan fingerprint density at radius 3 is 2.78 bits per heavy atom. The number of amides is 1. The van der Waals surface area contributed by atoms with Gasteiger partial charge in [-0.3, -0.25) is 9.69 Å². The lowest BCUT2D eigenvalue weighted by Gasteiger charge is -2.34. The van der Waals surface area contributed by atoms with Gasteiger partial charge in [0.05, 0.1) is 17.6 Å². The molecule has 0 unspecified atom stereocenters. The number of methoxy groups -OCH3 is 1. The average Bonchev–Trinajstić information content (AvgIpc) is 2.98. The van der Waals surface area contributed by atoms with Crippen molar-refractivity contribution in [3.05, 3.63) is 30.1 Å². The lowest BCUT2D eigenvalue weighted by molar-refractivity contribution is -0.133. The number of para-hydroxylation sites is 2. The Morgan fingerprint density at radius 2 is 2.04 bits per heavy atom. The molecule has 0 saturated carbocycles. The number of ether oxygens (including phenoxy) is 1. The Labute approximate surface area is 136 Å². The number of carbonyl (C=O) groups excluding carboxylic acids is 1. The molecule has 2 heterocycles. The molecular formula is C17H24N4O2. The largest absolute Gasteiger partial charge is 0.385 e. The number of imidazole rings is 1. The van der Waals surface area contributed by atoms with Crippen molar-refractivity contribution >= 4 is 16.9 Å². The highest BCUT2D eigenvalue weighted by Gasteiger charge is 2.21. The monoisotopic (exact) mass is 316 g/mol. The van der Waals surface area contributed by atoms with Crippen molar-refractivity contribution in [2.45, 2.75) is 19.4 Å². The van der Waals surface area contributed by atoms with Crippen LogP contribution >= 0.6 is 0 Å². The number of H-pyrrole nitrogens is 1. The molecule has 1 amide bonds. The highest BCUT2D eigenvalue weighted by atomic mass is 16.5. The summed E-state index contributed by atoms with van der Waals surface area (Å²) in [6.07, 6.45) is 1.38. The molecule has 1 aliphatic heterocycles. The number of aromatic amines is 1. The minimum Gasteiger partial charge on any atom is -0.385 e. The van der Waals surface area contributed by atoms with Gasteiger partial charge in [-0.25, -0.2) is 4.98 Å². The van der Waals surface area contributed by atoms with Crippen LogP contribution in [0.25, 0.3) is 11.0 Å². The topological polar surface area (TPSA) is 61.5 Å². The van der Waals surface area contributed by atoms with Gasteiger partial charge in [-0.2, -0.15) is 0 Å². The van der Waals surface area contributed by atoms with E-state index in [0.717, 1.165) is 56.0 Å². The molecule has 6 nitrogen and oxygen atoms in total. The van der Waals surface area contributed by atoms with E-state index in [-0.39, 0.29) is 5.91 Å². The number of hydrogen-bond acceptors (Lipinski definition) is 4. The summed E-state index contributed by atoms with van der Waals surface area (Å²) >= 11 is 0. The van der Waals surface area contributed by atoms with Gasteiger partial charge >= 0.3 is 0 Å². The maximum atomic E-state index is 12.1. The summed E-state index contributed by atoms with van der Waals surface area (Å²) in [6, 6.07) is 8.08. The molecule has 1 aromatic heterocycles. The molecule has 23 heavy (non-hydrogen) atoms. The number of nitrogens with one attached hydrogen (secondary N) is 1. The van der Waals surface area contributed by atoms with Gasteiger partial charge in [0.15, 0.2) is 0 Å². The Kier molecular flexibility index (Phi) is 5.25. The minimum absolute atomic E-state index is 0.241. The standard InChI is InChI=1S/C17H24N4O2/c1-23-12-4-7-17(22)21-10-8-20(9-11-21)13-16-18-14-5-2-3-6-15(14)19-16/h2-3,5-6H,4,7-13H2,1H3,(H,18,19). The lowest BCUT2D eigenvalue weighted by Crippen LogP contribution is -2.48. The van der Waals surface area contributed by atoms with E-state index in [2.05, 4.69) is 14.9 Å². The summed E-state index contributed by atoms with van der Waals surface area (Å²) in [5, 5.41) is 0. The molecule has 1 aliphatic rings. The molecule has 0 bridgehead atoms. The Hall–Kier alpha value is -1.92. The first-order valence-corrected chi connectivity index (χ1v) is 8.19. The second kappa shape index (κ2) is 7.57. The van der Waals surface area contributed by atoms with Gasteiger partial charge in [0.1, 0.15) is 5.82 Å². The molecule has 6 heteroatoms. The van der Waals surface area contributed by atoms with Crippen molar-refractivity contribution in [1.29, 1.82) is 0 Å². The van der Waals surface area contributed by atoms with Crippen LogP contribution in [0.1, 0.15) is 18.7 Å². The molecule has 0 spiro atoms. The SMILES string of the molecule is COCCCC(=O)N1CCN(Cc2nc3ccccc3[nH]2)CC1. The van der Waals surface area contributed by atoms with E-state index in [1.807, 2.05) is 29.2 Å². The Morgan fingerprint density at radius 1 is 1.26 bits per heavy atom. The third-order valence-corrected chi connectivity index (χ3v) is 4.28. The van der Waals surface area contributed by atoms with Crippen molar-refractivity contribution in [3.8, 4) is 0 Å². The summed E-state index contributed by atoms with van der Waals surface area (Å²) in [5.74, 6) is 1.23. The zero-order valence-electron chi connectivity index (χ0n) is 13.6. The zero-order valence-corrected chi connectivity index (χ0v) is 13.6. The van der Waals surface area contributed by atoms with Crippen molar-refractivity contribution < 1.29 is 9.53 Å². The first-order chi connectivity index (χ1) is 11.3. The van der Waals surface area contributed by atoms with E-state index in [1.54, 1.807) is 7.11 Å². The normalized spacial score (nSPS) is 16.1. The van der Waals surface area contributed by atoms with Crippen molar-refractivity contribution in [2.24, 2.45) is 0 Å². The predicted molar refractivity (Wildman–Crippen MR) is 89.1 cm³/mol. The highest BCUT2D eigenvalue weighted by molar-refractivity contribution is 5.76. The number of rotatable bonds is 6. The second-order valence-electron chi connectivity index (χ2n) is 5.95. The van der Waals surface area contributed by atoms with Crippen LogP contribution in [0.5, 0.6) is 0 Å². The molecule has 0 atom stereocenters. The third kappa shape index (κ3) is 4.09. The lowest BCUT2D eigenvalue weighted by atomic mass is 10.2. The summed E-state index contributed by atoms with van der Waals surface area (Å²) in [6.45, 7) is 4.84. The molecule has 1 fully saturated rings. The molecule has 1 aromatic carbocycles. The van der Waals surface area contributed by atoms with Crippen LogP contribution in [-0.4, -0.2) is 65.6 Å². The number of nitrogens with zero attached hydrogens (tertiary/aromatic N) is 3. The summed E-state index contributed by atoms with van der Waals surface area (Å²) in [7, 11) is 1.67. The maximum Gasteiger partial charge on any atom is 0.222 e. The maximum absolute atomic E-state index is 12.1. The Balaban J connectivity index is 1.48. The molecule has 0 radical (unpaired) electrons. The number of aromatic nitrogens is 2. The minimum atomic E-state index is 0.241. The fourth-order valence-corrected chi connectivity index (χ4v) is 2.97. The molecule has 2 aromatic rings. The van der Waals surface area contributed by atoms with Crippen LogP contribution < -0.4 is 0 Å². The van der Waals surface area contributed by atoms with E-state index in [9.17, 15) is 4.79 Å². The van der Waals surface area contributed by atoms with Crippen molar-refractivity contribution in [2.75, 3.05) is 39.9 Å². The fourth-order valence-electron chi connectivity index (χ4n) is 2.97. The quantitative estimate of drug-likeness (QED) is 0.823. The van der Waals surface area contributed by atoms with Gasteiger partial charge in [-0.1, -0.05) is 12.1 Å². The van der Waals surface area contributed by atoms with Crippen LogP contribution in [0.15, 0.2) is 24.3 Å². The number of fused-ring (bicyclic) bond motifs is 1. The number of carbonyl (C=O) groups is 1. The van der Waals surface area contributed by atoms with Gasteiger partial charge in [0.25, 0.3) is 0 Å². The number of piperazine rings is 1. The third-order valence-electron chi connectivity index (χ3n) is 4.28. The molecule has 124 valence electrons. The predicted octanol–water partition coefficient (Wildman–Crippen LogP) is 1.63. The zero-order chi connectivity index (χ0) is 16.1. The van der Waals surface area contributed by atoms with Crippen molar-refractivity contribution in [1.82, 2.24) is 19.8 Å². The van der Waals surface area contributed by atoms with Gasteiger partial charge in [-0.15, -0.1) is 0 Å². The first kappa shape index (κ1) is 16.0. The summed E-state index contributed by atoms with van der Waals surface area (Å²) in [4.78, 5) is 24.4. The van der Waals surface area contributed by atoms with Crippen LogP contribution in [-0.2, 0) is 16.1 Å². The van der Waals surface area contributed by atoms with E-state index >= 15 is 0 Å². The first-order valence-electron chi connectivity index (χ1n) is 8.19. The second-order valence-corrected chi connectivity index (χ2v) is 5.95. The molecule has 1 saturated heterocycles. The molecule has 3 rings (SSSR count). The molecular weight excluding hydrogens is 292 g/mol. The Bertz CT molecular complexity index is 614. The van der Waals surface area contributed by atoms with E-state index in [4.69, 9.17) is 4.74 Å². The number of benzene rings is 1. The van der Waals surface area contributed by atoms with Crippen molar-refractivity contribution in [3.63, 3.8) is 0 Å². The highest BCUT2D eigenvalue weighted by Crippen LogP contribution is 2.13. The van der Waals surface area contributed by atoms with E-state index < -0.39 is 0 Å². The van der Waals surface area contributed by atoms with Crippen LogP contribution in [0.4, 0.5) is 0 Å². The molecule has 0 aliphatic carbocycles. The summed E-state index contributed by atoms with van der Waals surface area (Å²) < 4.78 is 5.00. The molecule has 1 N–H and O–H groups in total. The number of hydrogen-bond donors (Lipinski definition) is 1. The van der Waals surface area contributed by atoms with E-state index in [1.165, 1.54) is 0 Å².